The molecular weight excluding hydrogens is 482 g/mol. The number of para-hydroxylation sites is 1. The monoisotopic (exact) mass is 505 g/mol. The molecule has 1 fully saturated rings. The Labute approximate surface area is 218 Å². The predicted octanol–water partition coefficient (Wildman–Crippen LogP) is 3.67. The summed E-state index contributed by atoms with van der Waals surface area (Å²) in [6, 6.07) is 24.8. The predicted molar refractivity (Wildman–Crippen MR) is 142 cm³/mol. The average Bonchev–Trinajstić information content (AvgIpc) is 3.39. The number of anilines is 3. The quantitative estimate of drug-likeness (QED) is 0.420. The molecule has 10 heteroatoms. The van der Waals surface area contributed by atoms with E-state index in [4.69, 9.17) is 14.1 Å². The zero-order valence-corrected chi connectivity index (χ0v) is 20.3. The molecule has 1 saturated heterocycles. The first-order valence-electron chi connectivity index (χ1n) is 12.2. The summed E-state index contributed by atoms with van der Waals surface area (Å²) >= 11 is 0. The van der Waals surface area contributed by atoms with Crippen LogP contribution in [0, 0.1) is 11.3 Å². The zero-order valence-electron chi connectivity index (χ0n) is 20.3. The Balaban J connectivity index is 1.33. The van der Waals surface area contributed by atoms with Gasteiger partial charge in [-0.15, -0.1) is 5.10 Å². The molecule has 3 heterocycles. The number of nitriles is 1. The van der Waals surface area contributed by atoms with Gasteiger partial charge in [0.15, 0.2) is 0 Å². The minimum absolute atomic E-state index is 0.0551. The van der Waals surface area contributed by atoms with Crippen LogP contribution in [0.3, 0.4) is 0 Å². The standard InChI is InChI=1S/C28H23N7O3/c29-17-18-10-11-21(23(16-18)35-12-14-37-15-13-35)27-33-34-28(38-27)32-25-26(36)30-22-9-5-4-8-20(22)24(31-25)19-6-2-1-3-7-19/h1-11,16,25H,12-15H2,(H,30,36)(H,32,34). The highest BCUT2D eigenvalue weighted by Gasteiger charge is 2.28. The van der Waals surface area contributed by atoms with E-state index in [1.165, 1.54) is 0 Å². The smallest absolute Gasteiger partial charge is 0.317 e. The van der Waals surface area contributed by atoms with Crippen molar-refractivity contribution in [1.82, 2.24) is 10.2 Å². The lowest BCUT2D eigenvalue weighted by atomic mass is 10.0. The number of nitrogens with one attached hydrogen (secondary N) is 2. The van der Waals surface area contributed by atoms with Crippen molar-refractivity contribution < 1.29 is 13.9 Å². The molecule has 0 saturated carbocycles. The molecule has 2 aliphatic heterocycles. The molecule has 0 radical (unpaired) electrons. The van der Waals surface area contributed by atoms with Crippen molar-refractivity contribution in [3.05, 3.63) is 89.5 Å². The molecule has 1 amide bonds. The Morgan fingerprint density at radius 3 is 2.58 bits per heavy atom. The van der Waals surface area contributed by atoms with Crippen molar-refractivity contribution in [1.29, 1.82) is 5.26 Å². The largest absolute Gasteiger partial charge is 0.403 e. The summed E-state index contributed by atoms with van der Waals surface area (Å²) in [5, 5.41) is 23.7. The number of morpholine rings is 1. The number of aromatic nitrogens is 2. The van der Waals surface area contributed by atoms with E-state index >= 15 is 0 Å². The minimum Gasteiger partial charge on any atom is -0.403 e. The maximum Gasteiger partial charge on any atom is 0.317 e. The molecule has 4 aromatic rings. The van der Waals surface area contributed by atoms with Gasteiger partial charge in [-0.25, -0.2) is 4.99 Å². The lowest BCUT2D eigenvalue weighted by Gasteiger charge is -2.30. The Morgan fingerprint density at radius 1 is 0.974 bits per heavy atom. The van der Waals surface area contributed by atoms with Gasteiger partial charge in [-0.2, -0.15) is 5.26 Å². The van der Waals surface area contributed by atoms with E-state index in [0.717, 1.165) is 16.8 Å². The highest BCUT2D eigenvalue weighted by atomic mass is 16.5. The first kappa shape index (κ1) is 23.4. The maximum atomic E-state index is 13.1. The fourth-order valence-corrected chi connectivity index (χ4v) is 4.54. The first-order chi connectivity index (χ1) is 18.7. The van der Waals surface area contributed by atoms with E-state index in [2.05, 4.69) is 31.8 Å². The fraction of sp³-hybridized carbons (Fsp3) is 0.179. The molecule has 38 heavy (non-hydrogen) atoms. The van der Waals surface area contributed by atoms with Crippen LogP contribution >= 0.6 is 0 Å². The molecule has 2 N–H and O–H groups in total. The molecular formula is C28H23N7O3. The van der Waals surface area contributed by atoms with Crippen LogP contribution in [0.4, 0.5) is 17.4 Å². The fourth-order valence-electron chi connectivity index (χ4n) is 4.54. The summed E-state index contributed by atoms with van der Waals surface area (Å²) in [6.07, 6.45) is -1.01. The number of carbonyl (C=O) groups is 1. The van der Waals surface area contributed by atoms with Crippen LogP contribution < -0.4 is 15.5 Å². The molecule has 0 spiro atoms. The number of benzodiazepines with no additional fused rings is 1. The zero-order chi connectivity index (χ0) is 25.9. The molecule has 1 atom stereocenters. The van der Waals surface area contributed by atoms with Crippen molar-refractivity contribution >= 4 is 29.0 Å². The lowest BCUT2D eigenvalue weighted by Crippen LogP contribution is -2.36. The lowest BCUT2D eigenvalue weighted by molar-refractivity contribution is -0.116. The van der Waals surface area contributed by atoms with Gasteiger partial charge in [-0.3, -0.25) is 4.79 Å². The Bertz CT molecular complexity index is 1550. The maximum absolute atomic E-state index is 13.1. The van der Waals surface area contributed by atoms with Crippen molar-refractivity contribution in [2.24, 2.45) is 4.99 Å². The molecule has 188 valence electrons. The van der Waals surface area contributed by atoms with Crippen molar-refractivity contribution in [2.75, 3.05) is 41.8 Å². The Kier molecular flexibility index (Phi) is 6.25. The van der Waals surface area contributed by atoms with E-state index in [1.807, 2.05) is 60.7 Å². The molecule has 6 rings (SSSR count). The van der Waals surface area contributed by atoms with E-state index in [-0.39, 0.29) is 17.8 Å². The third-order valence-corrected chi connectivity index (χ3v) is 6.39. The van der Waals surface area contributed by atoms with Gasteiger partial charge in [0, 0.05) is 24.2 Å². The summed E-state index contributed by atoms with van der Waals surface area (Å²) in [5.41, 5.74) is 5.07. The Hall–Kier alpha value is -5.01. The highest BCUT2D eigenvalue weighted by Crippen LogP contribution is 2.33. The second-order valence-corrected chi connectivity index (χ2v) is 8.78. The number of nitrogens with zero attached hydrogens (tertiary/aromatic N) is 5. The van der Waals surface area contributed by atoms with E-state index in [9.17, 15) is 10.1 Å². The van der Waals surface area contributed by atoms with Gasteiger partial charge in [0.25, 0.3) is 11.8 Å². The summed E-state index contributed by atoms with van der Waals surface area (Å²) in [6.45, 7) is 2.55. The van der Waals surface area contributed by atoms with E-state index in [0.29, 0.717) is 48.8 Å². The third-order valence-electron chi connectivity index (χ3n) is 6.39. The second kappa shape index (κ2) is 10.2. The Morgan fingerprint density at radius 2 is 1.76 bits per heavy atom. The minimum atomic E-state index is -1.01. The van der Waals surface area contributed by atoms with Crippen LogP contribution in [0.15, 0.2) is 82.2 Å². The van der Waals surface area contributed by atoms with Crippen LogP contribution in [-0.2, 0) is 9.53 Å². The van der Waals surface area contributed by atoms with Crippen molar-refractivity contribution in [3.63, 3.8) is 0 Å². The van der Waals surface area contributed by atoms with Gasteiger partial charge in [0.2, 0.25) is 6.17 Å². The number of amides is 1. The van der Waals surface area contributed by atoms with Gasteiger partial charge in [-0.1, -0.05) is 53.6 Å². The van der Waals surface area contributed by atoms with E-state index < -0.39 is 6.17 Å². The summed E-state index contributed by atoms with van der Waals surface area (Å²) in [7, 11) is 0. The van der Waals surface area contributed by atoms with Crippen LogP contribution in [0.1, 0.15) is 16.7 Å². The summed E-state index contributed by atoms with van der Waals surface area (Å²) in [4.78, 5) is 20.0. The highest BCUT2D eigenvalue weighted by molar-refractivity contribution is 6.19. The molecule has 0 aliphatic carbocycles. The number of rotatable bonds is 5. The molecule has 0 bridgehead atoms. The average molecular weight is 506 g/mol. The number of fused-ring (bicyclic) bond motifs is 1. The van der Waals surface area contributed by atoms with Gasteiger partial charge < -0.3 is 24.7 Å². The number of ether oxygens (including phenoxy) is 1. The second-order valence-electron chi connectivity index (χ2n) is 8.78. The topological polar surface area (TPSA) is 129 Å². The van der Waals surface area contributed by atoms with Crippen LogP contribution in [0.2, 0.25) is 0 Å². The van der Waals surface area contributed by atoms with Gasteiger partial charge in [-0.05, 0) is 24.3 Å². The number of hydrogen-bond donors (Lipinski definition) is 2. The van der Waals surface area contributed by atoms with E-state index in [1.54, 1.807) is 12.1 Å². The van der Waals surface area contributed by atoms with Crippen LogP contribution in [0.5, 0.6) is 0 Å². The molecule has 2 aliphatic rings. The van der Waals surface area contributed by atoms with Crippen LogP contribution in [0.25, 0.3) is 11.5 Å². The molecule has 10 nitrogen and oxygen atoms in total. The van der Waals surface area contributed by atoms with Crippen molar-refractivity contribution in [2.45, 2.75) is 6.17 Å². The van der Waals surface area contributed by atoms with Gasteiger partial charge in [0.05, 0.1) is 47.5 Å². The van der Waals surface area contributed by atoms with Gasteiger partial charge in [0.1, 0.15) is 0 Å². The SMILES string of the molecule is N#Cc1ccc(-c2nnc(NC3N=C(c4ccccc4)c4ccccc4NC3=O)o2)c(N2CCOCC2)c1. The third kappa shape index (κ3) is 4.58. The molecule has 1 aromatic heterocycles. The summed E-state index contributed by atoms with van der Waals surface area (Å²) in [5.74, 6) is -0.0847. The number of hydrogen-bond acceptors (Lipinski definition) is 9. The number of aliphatic imine (C=N–C) groups is 1. The van der Waals surface area contributed by atoms with Crippen LogP contribution in [-0.4, -0.2) is 54.3 Å². The molecule has 3 aromatic carbocycles. The first-order valence-corrected chi connectivity index (χ1v) is 12.2. The van der Waals surface area contributed by atoms with Gasteiger partial charge >= 0.3 is 6.01 Å². The van der Waals surface area contributed by atoms with Crippen molar-refractivity contribution in [3.8, 4) is 17.5 Å². The number of carbonyl (C=O) groups excluding carboxylic acids is 1. The molecule has 1 unspecified atom stereocenters. The normalized spacial score (nSPS) is 17.0. The summed E-state index contributed by atoms with van der Waals surface area (Å²) < 4.78 is 11.4. The number of benzene rings is 3.